The van der Waals surface area contributed by atoms with Crippen molar-refractivity contribution in [2.24, 2.45) is 0 Å². The summed E-state index contributed by atoms with van der Waals surface area (Å²) < 4.78 is 15.9. The van der Waals surface area contributed by atoms with E-state index in [9.17, 15) is 14.7 Å². The van der Waals surface area contributed by atoms with E-state index >= 15 is 0 Å². The summed E-state index contributed by atoms with van der Waals surface area (Å²) in [6, 6.07) is 8.01. The zero-order valence-corrected chi connectivity index (χ0v) is 14.9. The maximum atomic E-state index is 12.6. The first-order valence-electron chi connectivity index (χ1n) is 7.91. The summed E-state index contributed by atoms with van der Waals surface area (Å²) in [5, 5.41) is 10.9. The van der Waals surface area contributed by atoms with Crippen molar-refractivity contribution in [2.75, 3.05) is 14.2 Å². The highest BCUT2D eigenvalue weighted by atomic mass is 16.5. The quantitative estimate of drug-likeness (QED) is 0.568. The number of phenolic OH excluding ortho intramolecular Hbond substituents is 1. The van der Waals surface area contributed by atoms with Crippen molar-refractivity contribution in [2.45, 2.75) is 13.8 Å². The first kappa shape index (κ1) is 17.5. The Bertz CT molecular complexity index is 1080. The Balaban J connectivity index is 2.35. The van der Waals surface area contributed by atoms with Crippen molar-refractivity contribution in [1.29, 1.82) is 0 Å². The van der Waals surface area contributed by atoms with E-state index in [0.29, 0.717) is 28.0 Å². The molecule has 0 bridgehead atoms. The van der Waals surface area contributed by atoms with Crippen LogP contribution in [0.15, 0.2) is 39.5 Å². The Kier molecular flexibility index (Phi) is 4.42. The number of ether oxygens (including phenoxy) is 2. The van der Waals surface area contributed by atoms with Crippen molar-refractivity contribution in [3.05, 3.63) is 51.9 Å². The van der Waals surface area contributed by atoms with Gasteiger partial charge >= 0.3 is 5.63 Å². The second-order valence-electron chi connectivity index (χ2n) is 5.85. The summed E-state index contributed by atoms with van der Waals surface area (Å²) in [7, 11) is 3.02. The predicted molar refractivity (Wildman–Crippen MR) is 97.4 cm³/mol. The average Bonchev–Trinajstić information content (AvgIpc) is 2.61. The van der Waals surface area contributed by atoms with Crippen molar-refractivity contribution < 1.29 is 23.8 Å². The lowest BCUT2D eigenvalue weighted by Crippen LogP contribution is -2.07. The molecule has 1 heterocycles. The smallest absolute Gasteiger partial charge is 0.344 e. The molecule has 0 fully saturated rings. The van der Waals surface area contributed by atoms with Crippen LogP contribution in [-0.2, 0) is 0 Å². The third-order valence-corrected chi connectivity index (χ3v) is 4.35. The highest BCUT2D eigenvalue weighted by molar-refractivity contribution is 6.04. The van der Waals surface area contributed by atoms with Crippen LogP contribution in [-0.4, -0.2) is 25.1 Å². The van der Waals surface area contributed by atoms with E-state index in [-0.39, 0.29) is 28.2 Å². The molecule has 0 saturated carbocycles. The average molecular weight is 354 g/mol. The Morgan fingerprint density at radius 1 is 1.08 bits per heavy atom. The zero-order valence-electron chi connectivity index (χ0n) is 14.9. The molecule has 3 rings (SSSR count). The third kappa shape index (κ3) is 2.69. The number of hydrogen-bond acceptors (Lipinski definition) is 6. The van der Waals surface area contributed by atoms with Crippen molar-refractivity contribution >= 4 is 16.8 Å². The number of Topliss-reactive ketones (excluding diaryl/α,β-unsaturated/α-hetero) is 1. The van der Waals surface area contributed by atoms with Crippen molar-refractivity contribution in [3.63, 3.8) is 0 Å². The topological polar surface area (TPSA) is 86.0 Å². The fourth-order valence-corrected chi connectivity index (χ4v) is 3.06. The molecule has 0 amide bonds. The number of phenols is 1. The molecule has 0 atom stereocenters. The van der Waals surface area contributed by atoms with Crippen LogP contribution in [0, 0.1) is 6.92 Å². The number of carbonyl (C=O) groups excluding carboxylic acids is 1. The second kappa shape index (κ2) is 6.55. The standard InChI is InChI=1S/C20H18O6/c1-10-17(12-5-7-14(24-3)16(9-12)25-4)20(23)26-15-8-6-13(11(2)21)19(22)18(10)15/h5-9,22H,1-4H3. The number of aromatic hydroxyl groups is 1. The van der Waals surface area contributed by atoms with Gasteiger partial charge in [-0.3, -0.25) is 4.79 Å². The molecule has 1 N–H and O–H groups in total. The number of benzene rings is 2. The van der Waals surface area contributed by atoms with Crippen LogP contribution in [0.25, 0.3) is 22.1 Å². The number of methoxy groups -OCH3 is 2. The maximum absolute atomic E-state index is 12.6. The van der Waals surface area contributed by atoms with Crippen LogP contribution in [0.2, 0.25) is 0 Å². The minimum Gasteiger partial charge on any atom is -0.506 e. The first-order chi connectivity index (χ1) is 12.4. The van der Waals surface area contributed by atoms with E-state index in [1.54, 1.807) is 25.1 Å². The molecule has 0 saturated heterocycles. The molecule has 0 aliphatic heterocycles. The van der Waals surface area contributed by atoms with Gasteiger partial charge in [-0.1, -0.05) is 6.07 Å². The molecule has 0 unspecified atom stereocenters. The number of carbonyl (C=O) groups is 1. The van der Waals surface area contributed by atoms with Gasteiger partial charge in [0.15, 0.2) is 17.3 Å². The molecular formula is C20H18O6. The Labute approximate surface area is 149 Å². The van der Waals surface area contributed by atoms with Gasteiger partial charge in [0.1, 0.15) is 11.3 Å². The SMILES string of the molecule is COc1ccc(-c2c(C)c3c(O)c(C(C)=O)ccc3oc2=O)cc1OC. The van der Waals surface area contributed by atoms with Gasteiger partial charge in [0, 0.05) is 0 Å². The van der Waals surface area contributed by atoms with Crippen molar-refractivity contribution in [3.8, 4) is 28.4 Å². The Morgan fingerprint density at radius 2 is 1.77 bits per heavy atom. The summed E-state index contributed by atoms with van der Waals surface area (Å²) in [5.41, 5.74) is 1.21. The molecule has 1 aromatic heterocycles. The molecule has 6 nitrogen and oxygen atoms in total. The molecule has 0 spiro atoms. The first-order valence-corrected chi connectivity index (χ1v) is 7.91. The van der Waals surface area contributed by atoms with Gasteiger partial charge in [-0.05, 0) is 49.2 Å². The van der Waals surface area contributed by atoms with Crippen LogP contribution < -0.4 is 15.1 Å². The predicted octanol–water partition coefficient (Wildman–Crippen LogP) is 3.69. The lowest BCUT2D eigenvalue weighted by molar-refractivity contribution is 0.101. The van der Waals surface area contributed by atoms with Crippen LogP contribution >= 0.6 is 0 Å². The molecule has 0 radical (unpaired) electrons. The number of aryl methyl sites for hydroxylation is 1. The number of ketones is 1. The molecule has 3 aromatic rings. The lowest BCUT2D eigenvalue weighted by Gasteiger charge is -2.13. The van der Waals surface area contributed by atoms with Gasteiger partial charge in [0.25, 0.3) is 0 Å². The minimum absolute atomic E-state index is 0.174. The molecule has 6 heteroatoms. The number of fused-ring (bicyclic) bond motifs is 1. The monoisotopic (exact) mass is 354 g/mol. The van der Waals surface area contributed by atoms with Gasteiger partial charge in [0.05, 0.1) is 30.7 Å². The molecule has 0 aliphatic rings. The summed E-state index contributed by atoms with van der Waals surface area (Å²) >= 11 is 0. The summed E-state index contributed by atoms with van der Waals surface area (Å²) in [4.78, 5) is 24.3. The van der Waals surface area contributed by atoms with Gasteiger partial charge in [-0.15, -0.1) is 0 Å². The Morgan fingerprint density at radius 3 is 2.38 bits per heavy atom. The van der Waals surface area contributed by atoms with Gasteiger partial charge in [0.2, 0.25) is 0 Å². The zero-order chi connectivity index (χ0) is 19.0. The van der Waals surface area contributed by atoms with Gasteiger partial charge < -0.3 is 19.0 Å². The fourth-order valence-electron chi connectivity index (χ4n) is 3.06. The molecule has 134 valence electrons. The Hall–Kier alpha value is -3.28. The van der Waals surface area contributed by atoms with E-state index in [0.717, 1.165) is 0 Å². The largest absolute Gasteiger partial charge is 0.506 e. The number of rotatable bonds is 4. The molecule has 0 aliphatic carbocycles. The maximum Gasteiger partial charge on any atom is 0.344 e. The van der Waals surface area contributed by atoms with Gasteiger partial charge in [-0.2, -0.15) is 0 Å². The van der Waals surface area contributed by atoms with E-state index in [1.165, 1.54) is 33.3 Å². The normalized spacial score (nSPS) is 10.8. The highest BCUT2D eigenvalue weighted by Crippen LogP contribution is 2.37. The fraction of sp³-hybridized carbons (Fsp3) is 0.200. The molecular weight excluding hydrogens is 336 g/mol. The van der Waals surface area contributed by atoms with Crippen LogP contribution in [0.3, 0.4) is 0 Å². The van der Waals surface area contributed by atoms with Crippen LogP contribution in [0.1, 0.15) is 22.8 Å². The minimum atomic E-state index is -0.544. The van der Waals surface area contributed by atoms with Crippen molar-refractivity contribution in [1.82, 2.24) is 0 Å². The van der Waals surface area contributed by atoms with Crippen LogP contribution in [0.5, 0.6) is 17.2 Å². The van der Waals surface area contributed by atoms with E-state index in [4.69, 9.17) is 13.9 Å². The summed E-state index contributed by atoms with van der Waals surface area (Å²) in [5.74, 6) is 0.520. The van der Waals surface area contributed by atoms with Crippen LogP contribution in [0.4, 0.5) is 0 Å². The van der Waals surface area contributed by atoms with E-state index in [1.807, 2.05) is 0 Å². The molecule has 2 aromatic carbocycles. The summed E-state index contributed by atoms with van der Waals surface area (Å²) in [6.45, 7) is 3.07. The highest BCUT2D eigenvalue weighted by Gasteiger charge is 2.20. The second-order valence-corrected chi connectivity index (χ2v) is 5.85. The van der Waals surface area contributed by atoms with E-state index in [2.05, 4.69) is 0 Å². The third-order valence-electron chi connectivity index (χ3n) is 4.35. The summed E-state index contributed by atoms with van der Waals surface area (Å²) in [6.07, 6.45) is 0. The van der Waals surface area contributed by atoms with Gasteiger partial charge in [-0.25, -0.2) is 4.79 Å². The number of hydrogen-bond donors (Lipinski definition) is 1. The van der Waals surface area contributed by atoms with E-state index < -0.39 is 5.63 Å². The lowest BCUT2D eigenvalue weighted by atomic mass is 9.97. The molecule has 26 heavy (non-hydrogen) atoms.